The van der Waals surface area contributed by atoms with Crippen molar-refractivity contribution in [1.29, 1.82) is 0 Å². The molecule has 1 saturated carbocycles. The van der Waals surface area contributed by atoms with Crippen molar-refractivity contribution in [3.05, 3.63) is 24.8 Å². The van der Waals surface area contributed by atoms with E-state index in [-0.39, 0.29) is 0 Å². The summed E-state index contributed by atoms with van der Waals surface area (Å²) in [6.45, 7) is 6.28. The van der Waals surface area contributed by atoms with E-state index in [4.69, 9.17) is 0 Å². The SMILES string of the molecule is C=C[C@H](/C=C/CCCCCC)C1CCCCC1. The number of unbranched alkanes of at least 4 members (excludes halogenated alkanes) is 4. The van der Waals surface area contributed by atoms with Crippen molar-refractivity contribution in [2.75, 3.05) is 0 Å². The third-order valence-electron chi connectivity index (χ3n) is 4.05. The monoisotopic (exact) mass is 234 g/mol. The van der Waals surface area contributed by atoms with E-state index in [1.165, 1.54) is 64.2 Å². The van der Waals surface area contributed by atoms with Crippen LogP contribution in [-0.4, -0.2) is 0 Å². The highest BCUT2D eigenvalue weighted by Crippen LogP contribution is 2.31. The highest BCUT2D eigenvalue weighted by atomic mass is 14.2. The van der Waals surface area contributed by atoms with Crippen molar-refractivity contribution in [3.63, 3.8) is 0 Å². The van der Waals surface area contributed by atoms with Gasteiger partial charge in [0.25, 0.3) is 0 Å². The van der Waals surface area contributed by atoms with E-state index in [2.05, 4.69) is 31.7 Å². The molecule has 98 valence electrons. The van der Waals surface area contributed by atoms with E-state index in [0.717, 1.165) is 5.92 Å². The second-order valence-electron chi connectivity index (χ2n) is 5.49. The molecule has 1 fully saturated rings. The average Bonchev–Trinajstić information content (AvgIpc) is 2.39. The Morgan fingerprint density at radius 2 is 1.88 bits per heavy atom. The number of hydrogen-bond acceptors (Lipinski definition) is 0. The first-order valence-corrected chi connectivity index (χ1v) is 7.67. The van der Waals surface area contributed by atoms with E-state index < -0.39 is 0 Å². The Labute approximate surface area is 108 Å². The van der Waals surface area contributed by atoms with Crippen LogP contribution in [0.2, 0.25) is 0 Å². The predicted molar refractivity (Wildman–Crippen MR) is 78.2 cm³/mol. The molecule has 17 heavy (non-hydrogen) atoms. The molecule has 0 N–H and O–H groups in total. The molecule has 1 atom stereocenters. The lowest BCUT2D eigenvalue weighted by Crippen LogP contribution is -2.14. The lowest BCUT2D eigenvalue weighted by molar-refractivity contribution is 0.318. The minimum Gasteiger partial charge on any atom is -0.102 e. The minimum absolute atomic E-state index is 0.640. The van der Waals surface area contributed by atoms with Gasteiger partial charge in [0.05, 0.1) is 0 Å². The number of allylic oxidation sites excluding steroid dienone is 3. The highest BCUT2D eigenvalue weighted by Gasteiger charge is 2.18. The molecule has 0 saturated heterocycles. The molecule has 0 heteroatoms. The molecule has 0 radical (unpaired) electrons. The molecule has 1 rings (SSSR count). The van der Waals surface area contributed by atoms with Crippen LogP contribution in [-0.2, 0) is 0 Å². The Bertz CT molecular complexity index is 208. The largest absolute Gasteiger partial charge is 0.102 e. The van der Waals surface area contributed by atoms with Crippen molar-refractivity contribution in [2.45, 2.75) is 71.1 Å². The lowest BCUT2D eigenvalue weighted by Gasteiger charge is -2.26. The summed E-state index contributed by atoms with van der Waals surface area (Å²) in [6.07, 6.45) is 20.9. The third kappa shape index (κ3) is 6.10. The van der Waals surface area contributed by atoms with E-state index in [1.54, 1.807) is 0 Å². The predicted octanol–water partition coefficient (Wildman–Crippen LogP) is 5.90. The third-order valence-corrected chi connectivity index (χ3v) is 4.05. The van der Waals surface area contributed by atoms with Crippen LogP contribution in [0.3, 0.4) is 0 Å². The van der Waals surface area contributed by atoms with Gasteiger partial charge >= 0.3 is 0 Å². The molecule has 0 spiro atoms. The summed E-state index contributed by atoms with van der Waals surface area (Å²) in [5.74, 6) is 1.52. The zero-order chi connectivity index (χ0) is 12.3. The maximum atomic E-state index is 4.01. The first-order valence-electron chi connectivity index (χ1n) is 7.67. The fourth-order valence-corrected chi connectivity index (χ4v) is 2.89. The smallest absolute Gasteiger partial charge is 0.00279 e. The zero-order valence-corrected chi connectivity index (χ0v) is 11.7. The van der Waals surface area contributed by atoms with Crippen LogP contribution >= 0.6 is 0 Å². The van der Waals surface area contributed by atoms with Gasteiger partial charge in [0.2, 0.25) is 0 Å². The Morgan fingerprint density at radius 1 is 1.12 bits per heavy atom. The van der Waals surface area contributed by atoms with E-state index in [1.807, 2.05) is 0 Å². The van der Waals surface area contributed by atoms with Gasteiger partial charge < -0.3 is 0 Å². The van der Waals surface area contributed by atoms with Gasteiger partial charge in [-0.1, -0.05) is 63.7 Å². The zero-order valence-electron chi connectivity index (χ0n) is 11.7. The molecular weight excluding hydrogens is 204 g/mol. The maximum Gasteiger partial charge on any atom is -0.00279 e. The second-order valence-corrected chi connectivity index (χ2v) is 5.49. The molecule has 0 aromatic rings. The maximum absolute atomic E-state index is 4.01. The van der Waals surface area contributed by atoms with Crippen molar-refractivity contribution >= 4 is 0 Å². The van der Waals surface area contributed by atoms with E-state index >= 15 is 0 Å². The molecule has 0 unspecified atom stereocenters. The van der Waals surface area contributed by atoms with Gasteiger partial charge in [-0.15, -0.1) is 6.58 Å². The van der Waals surface area contributed by atoms with Crippen LogP contribution in [0.4, 0.5) is 0 Å². The van der Waals surface area contributed by atoms with Crippen molar-refractivity contribution < 1.29 is 0 Å². The van der Waals surface area contributed by atoms with E-state index in [0.29, 0.717) is 5.92 Å². The Hall–Kier alpha value is -0.520. The first kappa shape index (κ1) is 14.5. The van der Waals surface area contributed by atoms with E-state index in [9.17, 15) is 0 Å². The molecular formula is C17H30. The minimum atomic E-state index is 0.640. The summed E-state index contributed by atoms with van der Waals surface area (Å²) < 4.78 is 0. The van der Waals surface area contributed by atoms with Gasteiger partial charge in [-0.25, -0.2) is 0 Å². The van der Waals surface area contributed by atoms with Crippen LogP contribution in [0, 0.1) is 11.8 Å². The fourth-order valence-electron chi connectivity index (χ4n) is 2.89. The fraction of sp³-hybridized carbons (Fsp3) is 0.765. The molecule has 0 nitrogen and oxygen atoms in total. The summed E-state index contributed by atoms with van der Waals surface area (Å²) in [4.78, 5) is 0. The second kappa shape index (κ2) is 9.50. The molecule has 0 aromatic carbocycles. The van der Waals surface area contributed by atoms with Crippen LogP contribution in [0.25, 0.3) is 0 Å². The Kier molecular flexibility index (Phi) is 8.13. The Morgan fingerprint density at radius 3 is 2.53 bits per heavy atom. The van der Waals surface area contributed by atoms with Crippen LogP contribution in [0.15, 0.2) is 24.8 Å². The molecule has 0 bridgehead atoms. The van der Waals surface area contributed by atoms with Crippen LogP contribution < -0.4 is 0 Å². The number of rotatable bonds is 8. The highest BCUT2D eigenvalue weighted by molar-refractivity contribution is 5.00. The average molecular weight is 234 g/mol. The van der Waals surface area contributed by atoms with Gasteiger partial charge in [-0.05, 0) is 37.5 Å². The molecule has 0 aromatic heterocycles. The summed E-state index contributed by atoms with van der Waals surface area (Å²) in [7, 11) is 0. The molecule has 0 heterocycles. The van der Waals surface area contributed by atoms with Gasteiger partial charge in [0.1, 0.15) is 0 Å². The van der Waals surface area contributed by atoms with Crippen molar-refractivity contribution in [2.24, 2.45) is 11.8 Å². The topological polar surface area (TPSA) is 0 Å². The quantitative estimate of drug-likeness (QED) is 0.362. The van der Waals surface area contributed by atoms with Gasteiger partial charge in [-0.2, -0.15) is 0 Å². The number of hydrogen-bond donors (Lipinski definition) is 0. The lowest BCUT2D eigenvalue weighted by atomic mass is 9.80. The van der Waals surface area contributed by atoms with Gasteiger partial charge in [0, 0.05) is 0 Å². The summed E-state index contributed by atoms with van der Waals surface area (Å²) in [5.41, 5.74) is 0. The molecule has 1 aliphatic carbocycles. The van der Waals surface area contributed by atoms with Crippen LogP contribution in [0.5, 0.6) is 0 Å². The van der Waals surface area contributed by atoms with Gasteiger partial charge in [0.15, 0.2) is 0 Å². The van der Waals surface area contributed by atoms with Crippen molar-refractivity contribution in [3.8, 4) is 0 Å². The van der Waals surface area contributed by atoms with Gasteiger partial charge in [-0.3, -0.25) is 0 Å². The Balaban J connectivity index is 2.20. The summed E-state index contributed by atoms with van der Waals surface area (Å²) in [6, 6.07) is 0. The summed E-state index contributed by atoms with van der Waals surface area (Å²) >= 11 is 0. The van der Waals surface area contributed by atoms with Crippen LogP contribution in [0.1, 0.15) is 71.1 Å². The van der Waals surface area contributed by atoms with Crippen molar-refractivity contribution in [1.82, 2.24) is 0 Å². The normalized spacial score (nSPS) is 19.6. The molecule has 1 aliphatic rings. The summed E-state index contributed by atoms with van der Waals surface area (Å²) in [5, 5.41) is 0. The molecule has 0 amide bonds. The first-order chi connectivity index (χ1) is 8.38. The standard InChI is InChI=1S/C17H30/c1-3-5-6-7-8-10-13-16(4-2)17-14-11-9-12-15-17/h4,10,13,16-17H,2-3,5-9,11-12,14-15H2,1H3/b13-10+/t16-/m1/s1. The molecule has 0 aliphatic heterocycles.